The molecule has 1 aromatic heterocycles. The van der Waals surface area contributed by atoms with Gasteiger partial charge in [0.05, 0.1) is 5.56 Å². The number of carbonyl (C=O) groups excluding carboxylic acids is 2. The fourth-order valence-electron chi connectivity index (χ4n) is 2.79. The smallest absolute Gasteiger partial charge is 0.340 e. The summed E-state index contributed by atoms with van der Waals surface area (Å²) in [6.45, 7) is 6.46. The average molecular weight is 346 g/mol. The molecule has 25 heavy (non-hydrogen) atoms. The van der Waals surface area contributed by atoms with Crippen LogP contribution in [0.25, 0.3) is 0 Å². The van der Waals surface area contributed by atoms with Crippen LogP contribution in [-0.2, 0) is 22.5 Å². The summed E-state index contributed by atoms with van der Waals surface area (Å²) in [5.74, 6) is -1.22. The topological polar surface area (TPSA) is 60.3 Å². The second-order valence-corrected chi connectivity index (χ2v) is 5.80. The molecule has 0 saturated heterocycles. The van der Waals surface area contributed by atoms with Crippen LogP contribution in [0.1, 0.15) is 34.2 Å². The van der Waals surface area contributed by atoms with E-state index in [-0.39, 0.29) is 19.0 Å². The molecule has 0 saturated carbocycles. The zero-order chi connectivity index (χ0) is 18.4. The number of rotatable bonds is 7. The zero-order valence-electron chi connectivity index (χ0n) is 14.8. The largest absolute Gasteiger partial charge is 0.452 e. The van der Waals surface area contributed by atoms with E-state index >= 15 is 0 Å². The Morgan fingerprint density at radius 1 is 1.24 bits per heavy atom. The Bertz CT molecular complexity index is 768. The van der Waals surface area contributed by atoms with Crippen LogP contribution in [0.5, 0.6) is 0 Å². The maximum Gasteiger partial charge on any atom is 0.340 e. The molecule has 0 radical (unpaired) electrons. The number of aryl methyl sites for hydroxylation is 1. The number of hydrogen-bond acceptors (Lipinski definition) is 3. The van der Waals surface area contributed by atoms with E-state index in [4.69, 9.17) is 4.74 Å². The third-order valence-electron chi connectivity index (χ3n) is 4.12. The van der Waals surface area contributed by atoms with Gasteiger partial charge in [-0.3, -0.25) is 4.79 Å². The number of benzene rings is 1. The van der Waals surface area contributed by atoms with E-state index in [1.165, 1.54) is 6.07 Å². The second kappa shape index (κ2) is 8.46. The quantitative estimate of drug-likeness (QED) is 0.784. The van der Waals surface area contributed by atoms with Crippen molar-refractivity contribution < 1.29 is 18.7 Å². The molecule has 0 aliphatic carbocycles. The predicted octanol–water partition coefficient (Wildman–Crippen LogP) is 2.78. The molecule has 1 N–H and O–H groups in total. The van der Waals surface area contributed by atoms with Crippen LogP contribution >= 0.6 is 0 Å². The van der Waals surface area contributed by atoms with Gasteiger partial charge in [0.2, 0.25) is 0 Å². The van der Waals surface area contributed by atoms with E-state index in [1.807, 2.05) is 25.3 Å². The number of carbonyl (C=O) groups is 2. The Morgan fingerprint density at radius 2 is 1.96 bits per heavy atom. The second-order valence-electron chi connectivity index (χ2n) is 5.80. The Hall–Kier alpha value is -2.63. The first kappa shape index (κ1) is 18.7. The van der Waals surface area contributed by atoms with Gasteiger partial charge in [0.15, 0.2) is 6.61 Å². The van der Waals surface area contributed by atoms with Gasteiger partial charge in [0, 0.05) is 24.5 Å². The van der Waals surface area contributed by atoms with Gasteiger partial charge in [-0.25, -0.2) is 9.18 Å². The molecule has 2 aromatic rings. The Balaban J connectivity index is 1.80. The number of hydrogen-bond donors (Lipinski definition) is 1. The van der Waals surface area contributed by atoms with Crippen molar-refractivity contribution in [2.75, 3.05) is 13.2 Å². The number of amides is 1. The van der Waals surface area contributed by atoms with Crippen molar-refractivity contribution in [2.45, 2.75) is 33.7 Å². The maximum absolute atomic E-state index is 13.5. The summed E-state index contributed by atoms with van der Waals surface area (Å²) in [5.41, 5.74) is 2.80. The van der Waals surface area contributed by atoms with Crippen LogP contribution in [0.2, 0.25) is 0 Å². The fraction of sp³-hybridized carbons (Fsp3) is 0.368. The fourth-order valence-corrected chi connectivity index (χ4v) is 2.79. The monoisotopic (exact) mass is 346 g/mol. The molecule has 0 aliphatic rings. The van der Waals surface area contributed by atoms with Crippen LogP contribution in [0.15, 0.2) is 30.3 Å². The number of nitrogens with one attached hydrogen (secondary N) is 1. The Kier molecular flexibility index (Phi) is 6.33. The van der Waals surface area contributed by atoms with Crippen LogP contribution in [0.4, 0.5) is 4.39 Å². The lowest BCUT2D eigenvalue weighted by Gasteiger charge is -2.08. The minimum Gasteiger partial charge on any atom is -0.452 e. The molecule has 2 rings (SSSR count). The highest BCUT2D eigenvalue weighted by atomic mass is 19.1. The number of halogens is 1. The number of aromatic nitrogens is 1. The third-order valence-corrected chi connectivity index (χ3v) is 4.12. The van der Waals surface area contributed by atoms with E-state index in [2.05, 4.69) is 5.32 Å². The molecule has 134 valence electrons. The summed E-state index contributed by atoms with van der Waals surface area (Å²) < 4.78 is 20.5. The van der Waals surface area contributed by atoms with E-state index in [0.29, 0.717) is 17.5 Å². The molecule has 0 aliphatic heterocycles. The van der Waals surface area contributed by atoms with Gasteiger partial charge < -0.3 is 14.6 Å². The van der Waals surface area contributed by atoms with Crippen molar-refractivity contribution >= 4 is 11.9 Å². The maximum atomic E-state index is 13.5. The van der Waals surface area contributed by atoms with Crippen molar-refractivity contribution in [1.82, 2.24) is 9.88 Å². The van der Waals surface area contributed by atoms with Crippen molar-refractivity contribution in [1.29, 1.82) is 0 Å². The molecule has 5 nitrogen and oxygen atoms in total. The van der Waals surface area contributed by atoms with Gasteiger partial charge in [-0.05, 0) is 44.9 Å². The molecular weight excluding hydrogens is 323 g/mol. The van der Waals surface area contributed by atoms with Crippen LogP contribution in [0.3, 0.4) is 0 Å². The highest BCUT2D eigenvalue weighted by molar-refractivity contribution is 5.92. The molecule has 0 fully saturated rings. The normalized spacial score (nSPS) is 10.6. The van der Waals surface area contributed by atoms with Gasteiger partial charge in [0.25, 0.3) is 5.91 Å². The molecule has 0 spiro atoms. The standard InChI is InChI=1S/C19H23FN2O3/c1-4-22-13(2)11-16(14(22)3)19(24)25-12-18(23)21-10-9-15-7-5-6-8-17(15)20/h5-8,11H,4,9-10,12H2,1-3H3,(H,21,23). The lowest BCUT2D eigenvalue weighted by atomic mass is 10.1. The SMILES string of the molecule is CCn1c(C)cc(C(=O)OCC(=O)NCCc2ccccc2F)c1C. The number of ether oxygens (including phenoxy) is 1. The van der Waals surface area contributed by atoms with Crippen molar-refractivity contribution in [2.24, 2.45) is 0 Å². The minimum atomic E-state index is -0.517. The highest BCUT2D eigenvalue weighted by Gasteiger charge is 2.17. The first-order valence-electron chi connectivity index (χ1n) is 8.28. The van der Waals surface area contributed by atoms with Gasteiger partial charge in [-0.2, -0.15) is 0 Å². The van der Waals surface area contributed by atoms with Gasteiger partial charge in [0.1, 0.15) is 5.82 Å². The molecule has 1 heterocycles. The molecule has 0 bridgehead atoms. The highest BCUT2D eigenvalue weighted by Crippen LogP contribution is 2.15. The minimum absolute atomic E-state index is 0.279. The van der Waals surface area contributed by atoms with Crippen molar-refractivity contribution in [3.63, 3.8) is 0 Å². The summed E-state index contributed by atoms with van der Waals surface area (Å²) in [6, 6.07) is 8.18. The summed E-state index contributed by atoms with van der Waals surface area (Å²) in [7, 11) is 0. The lowest BCUT2D eigenvalue weighted by molar-refractivity contribution is -0.124. The van der Waals surface area contributed by atoms with Gasteiger partial charge in [-0.15, -0.1) is 0 Å². The van der Waals surface area contributed by atoms with E-state index in [1.54, 1.807) is 24.3 Å². The summed E-state index contributed by atoms with van der Waals surface area (Å²) in [6.07, 6.45) is 0.379. The third kappa shape index (κ3) is 4.68. The van der Waals surface area contributed by atoms with Crippen molar-refractivity contribution in [3.05, 3.63) is 58.7 Å². The zero-order valence-corrected chi connectivity index (χ0v) is 14.8. The van der Waals surface area contributed by atoms with Crippen LogP contribution in [-0.4, -0.2) is 29.6 Å². The van der Waals surface area contributed by atoms with E-state index < -0.39 is 11.9 Å². The van der Waals surface area contributed by atoms with Crippen LogP contribution < -0.4 is 5.32 Å². The number of esters is 1. The molecule has 1 amide bonds. The molecule has 1 aromatic carbocycles. The summed E-state index contributed by atoms with van der Waals surface area (Å²) in [4.78, 5) is 23.9. The molecule has 0 unspecified atom stereocenters. The lowest BCUT2D eigenvalue weighted by Crippen LogP contribution is -2.30. The Morgan fingerprint density at radius 3 is 2.60 bits per heavy atom. The van der Waals surface area contributed by atoms with E-state index in [0.717, 1.165) is 17.9 Å². The molecular formula is C19H23FN2O3. The van der Waals surface area contributed by atoms with Crippen LogP contribution in [0, 0.1) is 19.7 Å². The summed E-state index contributed by atoms with van der Waals surface area (Å²) >= 11 is 0. The van der Waals surface area contributed by atoms with E-state index in [9.17, 15) is 14.0 Å². The first-order chi connectivity index (χ1) is 11.9. The molecule has 6 heteroatoms. The van der Waals surface area contributed by atoms with Gasteiger partial charge in [-0.1, -0.05) is 18.2 Å². The Labute approximate surface area is 146 Å². The first-order valence-corrected chi connectivity index (χ1v) is 8.28. The predicted molar refractivity (Wildman–Crippen MR) is 93.0 cm³/mol. The van der Waals surface area contributed by atoms with Crippen molar-refractivity contribution in [3.8, 4) is 0 Å². The summed E-state index contributed by atoms with van der Waals surface area (Å²) in [5, 5.41) is 2.62. The number of nitrogens with zero attached hydrogens (tertiary/aromatic N) is 1. The average Bonchev–Trinajstić information content (AvgIpc) is 2.88. The van der Waals surface area contributed by atoms with Gasteiger partial charge >= 0.3 is 5.97 Å². The molecule has 0 atom stereocenters.